The van der Waals surface area contributed by atoms with Gasteiger partial charge in [0.05, 0.1) is 24.3 Å². The molecule has 12 heteroatoms. The molecular weight excluding hydrogens is 667 g/mol. The van der Waals surface area contributed by atoms with E-state index in [9.17, 15) is 19.1 Å². The number of H-pyrrole nitrogens is 1. The smallest absolute Gasteiger partial charge is 0.305 e. The van der Waals surface area contributed by atoms with Crippen molar-refractivity contribution in [2.75, 3.05) is 59.0 Å². The number of rotatable bonds is 17. The molecule has 0 saturated carbocycles. The van der Waals surface area contributed by atoms with E-state index < -0.39 is 0 Å². The highest BCUT2D eigenvalue weighted by Gasteiger charge is 2.15. The van der Waals surface area contributed by atoms with Gasteiger partial charge in [-0.15, -0.1) is 34.0 Å². The first-order chi connectivity index (χ1) is 18.4. The van der Waals surface area contributed by atoms with E-state index in [4.69, 9.17) is 4.74 Å². The molecule has 1 amide bonds. The van der Waals surface area contributed by atoms with Crippen molar-refractivity contribution in [3.05, 3.63) is 63.0 Å². The van der Waals surface area contributed by atoms with Crippen LogP contribution in [0, 0.1) is 5.82 Å². The van der Waals surface area contributed by atoms with E-state index >= 15 is 0 Å². The highest BCUT2D eigenvalue weighted by Crippen LogP contribution is 2.27. The molecule has 8 nitrogen and oxygen atoms in total. The van der Waals surface area contributed by atoms with Crippen LogP contribution in [0.5, 0.6) is 5.75 Å². The quantitative estimate of drug-likeness (QED) is 0.178. The summed E-state index contributed by atoms with van der Waals surface area (Å²) in [5, 5.41) is 13.4. The summed E-state index contributed by atoms with van der Waals surface area (Å²) in [6.45, 7) is 10.3. The first kappa shape index (κ1) is 36.2. The second-order valence-electron chi connectivity index (χ2n) is 9.11. The van der Waals surface area contributed by atoms with Crippen LogP contribution in [0.2, 0.25) is 0 Å². The Hall–Kier alpha value is -1.83. The van der Waals surface area contributed by atoms with Gasteiger partial charge in [0.2, 0.25) is 5.91 Å². The molecule has 0 aliphatic heterocycles. The summed E-state index contributed by atoms with van der Waals surface area (Å²) in [5.74, 6) is -0.120. The molecule has 0 aliphatic rings. The number of fused-ring (bicyclic) bond motifs is 1. The van der Waals surface area contributed by atoms with Crippen molar-refractivity contribution in [1.29, 1.82) is 0 Å². The molecule has 0 fully saturated rings. The number of phenolic OH excluding ortho intramolecular Hbond substituents is 1. The number of likely N-dealkylation sites (N-methyl/N-ethyl adjacent to an activating group) is 1. The fourth-order valence-corrected chi connectivity index (χ4v) is 5.19. The zero-order valence-electron chi connectivity index (χ0n) is 23.1. The van der Waals surface area contributed by atoms with Crippen LogP contribution in [-0.4, -0.2) is 84.8 Å². The van der Waals surface area contributed by atoms with Crippen molar-refractivity contribution in [3.8, 4) is 5.75 Å². The molecule has 0 unspecified atom stereocenters. The van der Waals surface area contributed by atoms with Crippen LogP contribution >= 0.6 is 45.3 Å². The third-order valence-electron chi connectivity index (χ3n) is 6.59. The first-order valence-corrected chi connectivity index (χ1v) is 14.1. The van der Waals surface area contributed by atoms with Gasteiger partial charge in [0.1, 0.15) is 17.1 Å². The first-order valence-electron chi connectivity index (χ1n) is 13.3. The Labute approximate surface area is 260 Å². The third-order valence-corrected chi connectivity index (χ3v) is 7.54. The summed E-state index contributed by atoms with van der Waals surface area (Å²) in [5.41, 5.74) is 2.37. The Balaban J connectivity index is 0.00000400. The number of phenols is 1. The Morgan fingerprint density at radius 2 is 1.82 bits per heavy atom. The largest absolute Gasteiger partial charge is 0.506 e. The van der Waals surface area contributed by atoms with Crippen LogP contribution in [0.4, 0.5) is 4.39 Å². The summed E-state index contributed by atoms with van der Waals surface area (Å²) < 4.78 is 19.8. The number of carbonyl (C=O) groups excluding carboxylic acids is 1. The molecule has 0 atom stereocenters. The number of nitrogens with zero attached hydrogens (tertiary/aromatic N) is 2. The van der Waals surface area contributed by atoms with Gasteiger partial charge >= 0.3 is 4.87 Å². The molecule has 1 aromatic heterocycles. The van der Waals surface area contributed by atoms with E-state index in [1.165, 1.54) is 12.1 Å². The van der Waals surface area contributed by atoms with Gasteiger partial charge in [-0.1, -0.05) is 43.4 Å². The molecule has 3 N–H and O–H groups in total. The predicted molar refractivity (Wildman–Crippen MR) is 171 cm³/mol. The number of halogens is 3. The number of thiazole rings is 1. The lowest BCUT2D eigenvalue weighted by molar-refractivity contribution is -0.132. The highest BCUT2D eigenvalue weighted by molar-refractivity contribution is 8.93. The van der Waals surface area contributed by atoms with Crippen LogP contribution in [0.3, 0.4) is 0 Å². The maximum Gasteiger partial charge on any atom is 0.305 e. The number of hydrogen-bond donors (Lipinski definition) is 3. The minimum atomic E-state index is -0.256. The lowest BCUT2D eigenvalue weighted by Crippen LogP contribution is -2.42. The lowest BCUT2D eigenvalue weighted by atomic mass is 10.1. The second kappa shape index (κ2) is 19.3. The topological polar surface area (TPSA) is 97.9 Å². The van der Waals surface area contributed by atoms with Crippen molar-refractivity contribution in [1.82, 2.24) is 20.1 Å². The fraction of sp³-hybridized carbons (Fsp3) is 0.500. The summed E-state index contributed by atoms with van der Waals surface area (Å²) >= 11 is 1.10. The number of hydrogen-bond acceptors (Lipinski definition) is 7. The average molecular weight is 709 g/mol. The zero-order chi connectivity index (χ0) is 27.3. The summed E-state index contributed by atoms with van der Waals surface area (Å²) in [6.07, 6.45) is 1.62. The predicted octanol–water partition coefficient (Wildman–Crippen LogP) is 4.54. The van der Waals surface area contributed by atoms with Crippen LogP contribution in [0.25, 0.3) is 10.2 Å². The number of aromatic nitrogens is 1. The van der Waals surface area contributed by atoms with Gasteiger partial charge in [-0.3, -0.25) is 9.59 Å². The number of carbonyl (C=O) groups is 1. The van der Waals surface area contributed by atoms with Crippen LogP contribution in [0.15, 0.2) is 41.2 Å². The van der Waals surface area contributed by atoms with Gasteiger partial charge in [0, 0.05) is 26.2 Å². The van der Waals surface area contributed by atoms with Crippen molar-refractivity contribution in [2.24, 2.45) is 0 Å². The van der Waals surface area contributed by atoms with Gasteiger partial charge in [-0.2, -0.15) is 0 Å². The molecule has 40 heavy (non-hydrogen) atoms. The number of benzene rings is 2. The Morgan fingerprint density at radius 3 is 2.55 bits per heavy atom. The van der Waals surface area contributed by atoms with E-state index in [2.05, 4.69) is 29.0 Å². The van der Waals surface area contributed by atoms with E-state index in [-0.39, 0.29) is 56.3 Å². The van der Waals surface area contributed by atoms with Crippen molar-refractivity contribution >= 4 is 61.4 Å². The van der Waals surface area contributed by atoms with Crippen LogP contribution in [0.1, 0.15) is 31.4 Å². The second-order valence-corrected chi connectivity index (χ2v) is 10.1. The average Bonchev–Trinajstić information content (AvgIpc) is 3.31. The molecule has 3 aromatic rings. The van der Waals surface area contributed by atoms with Crippen molar-refractivity contribution in [2.45, 2.75) is 33.1 Å². The lowest BCUT2D eigenvalue weighted by Gasteiger charge is -2.27. The van der Waals surface area contributed by atoms with Gasteiger partial charge in [0.25, 0.3) is 0 Å². The molecule has 1 heterocycles. The van der Waals surface area contributed by atoms with Gasteiger partial charge in [0.15, 0.2) is 0 Å². The fourth-order valence-electron chi connectivity index (χ4n) is 4.30. The Bertz CT molecular complexity index is 1220. The maximum atomic E-state index is 13.3. The molecule has 0 bridgehead atoms. The Kier molecular flexibility index (Phi) is 17.5. The standard InChI is InChI=1S/C28H39FN4O4S.2BrH/c1-3-32(4-2)16-17-33(25(35)12-19-37-18-11-21-6-5-7-23(29)20-21)15-14-30-13-10-22-8-9-24(34)26-27(22)38-28(36)31-26;;/h5-9,20,30,34H,3-4,10-19H2,1-2H3,(H,31,36);2*1H. The van der Waals surface area contributed by atoms with E-state index in [1.807, 2.05) is 17.0 Å². The minimum absolute atomic E-state index is 0. The monoisotopic (exact) mass is 706 g/mol. The molecular formula is C28H41Br2FN4O4S. The number of nitrogens with one attached hydrogen (secondary N) is 2. The molecule has 0 saturated heterocycles. The van der Waals surface area contributed by atoms with E-state index in [1.54, 1.807) is 12.1 Å². The third kappa shape index (κ3) is 11.6. The normalized spacial score (nSPS) is 10.9. The van der Waals surface area contributed by atoms with E-state index in [0.29, 0.717) is 64.2 Å². The Morgan fingerprint density at radius 1 is 1.05 bits per heavy atom. The minimum Gasteiger partial charge on any atom is -0.506 e. The number of aromatic hydroxyl groups is 1. The molecule has 2 aromatic carbocycles. The number of amides is 1. The number of ether oxygens (including phenoxy) is 1. The van der Waals surface area contributed by atoms with E-state index in [0.717, 1.165) is 46.8 Å². The molecule has 0 spiro atoms. The van der Waals surface area contributed by atoms with Crippen molar-refractivity contribution in [3.63, 3.8) is 0 Å². The van der Waals surface area contributed by atoms with Crippen LogP contribution in [-0.2, 0) is 22.4 Å². The summed E-state index contributed by atoms with van der Waals surface area (Å²) in [4.78, 5) is 31.4. The maximum absolute atomic E-state index is 13.3. The van der Waals surface area contributed by atoms with Gasteiger partial charge in [-0.25, -0.2) is 4.39 Å². The molecule has 3 rings (SSSR count). The SMILES string of the molecule is Br.Br.CCN(CC)CCN(CCNCCc1ccc(O)c2[nH]c(=O)sc12)C(=O)CCOCCc1cccc(F)c1. The molecule has 0 radical (unpaired) electrons. The molecule has 224 valence electrons. The van der Waals surface area contributed by atoms with Gasteiger partial charge in [-0.05, 0) is 61.8 Å². The van der Waals surface area contributed by atoms with Crippen LogP contribution < -0.4 is 10.2 Å². The highest BCUT2D eigenvalue weighted by atomic mass is 79.9. The van der Waals surface area contributed by atoms with Crippen molar-refractivity contribution < 1.29 is 19.0 Å². The molecule has 0 aliphatic carbocycles. The van der Waals surface area contributed by atoms with Gasteiger partial charge < -0.3 is 29.9 Å². The summed E-state index contributed by atoms with van der Waals surface area (Å²) in [7, 11) is 0. The summed E-state index contributed by atoms with van der Waals surface area (Å²) in [6, 6.07) is 9.92. The number of aromatic amines is 1. The zero-order valence-corrected chi connectivity index (χ0v) is 27.4.